The number of nitrogens with one attached hydrogen (secondary N) is 1. The van der Waals surface area contributed by atoms with E-state index in [4.69, 9.17) is 0 Å². The maximum Gasteiger partial charge on any atom is 0.242 e. The summed E-state index contributed by atoms with van der Waals surface area (Å²) in [5.74, 6) is 0.286. The highest BCUT2D eigenvalue weighted by molar-refractivity contribution is 5.85. The zero-order valence-electron chi connectivity index (χ0n) is 12.2. The fraction of sp³-hybridized carbons (Fsp3) is 0.867. The molecule has 0 radical (unpaired) electrons. The Morgan fingerprint density at radius 3 is 2.40 bits per heavy atom. The summed E-state index contributed by atoms with van der Waals surface area (Å²) in [6, 6.07) is 0. The number of rotatable bonds is 2. The molecule has 0 aromatic rings. The minimum Gasteiger partial charge on any atom is -0.341 e. The Kier molecular flexibility index (Phi) is 3.96. The van der Waals surface area contributed by atoms with E-state index in [0.29, 0.717) is 18.4 Å². The molecule has 0 aliphatic carbocycles. The second kappa shape index (κ2) is 5.72. The zero-order valence-corrected chi connectivity index (χ0v) is 12.2. The Hall–Kier alpha value is -1.10. The lowest BCUT2D eigenvalue weighted by Crippen LogP contribution is -2.49. The predicted molar refractivity (Wildman–Crippen MR) is 76.2 cm³/mol. The van der Waals surface area contributed by atoms with Gasteiger partial charge in [0.05, 0.1) is 6.54 Å². The summed E-state index contributed by atoms with van der Waals surface area (Å²) >= 11 is 0. The highest BCUT2D eigenvalue weighted by atomic mass is 16.2. The molecule has 5 heteroatoms. The van der Waals surface area contributed by atoms with Gasteiger partial charge in [-0.1, -0.05) is 0 Å². The molecule has 2 amide bonds. The summed E-state index contributed by atoms with van der Waals surface area (Å²) in [7, 11) is 0. The maximum atomic E-state index is 12.3. The summed E-state index contributed by atoms with van der Waals surface area (Å²) in [6.07, 6.45) is 6.29. The van der Waals surface area contributed by atoms with Crippen molar-refractivity contribution in [2.24, 2.45) is 5.41 Å². The number of hydrogen-bond donors (Lipinski definition) is 1. The third kappa shape index (κ3) is 2.82. The van der Waals surface area contributed by atoms with E-state index in [1.807, 2.05) is 4.90 Å². The summed E-state index contributed by atoms with van der Waals surface area (Å²) in [5, 5.41) is 3.42. The van der Waals surface area contributed by atoms with Gasteiger partial charge in [-0.3, -0.25) is 9.59 Å². The van der Waals surface area contributed by atoms with Gasteiger partial charge >= 0.3 is 0 Å². The first-order valence-corrected chi connectivity index (χ1v) is 7.95. The van der Waals surface area contributed by atoms with Crippen LogP contribution in [0.15, 0.2) is 0 Å². The fourth-order valence-corrected chi connectivity index (χ4v) is 3.82. The van der Waals surface area contributed by atoms with Gasteiger partial charge in [0.15, 0.2) is 0 Å². The van der Waals surface area contributed by atoms with E-state index in [1.54, 1.807) is 4.90 Å². The van der Waals surface area contributed by atoms with E-state index in [2.05, 4.69) is 5.32 Å². The second-order valence-corrected chi connectivity index (χ2v) is 6.55. The van der Waals surface area contributed by atoms with E-state index in [1.165, 1.54) is 12.8 Å². The van der Waals surface area contributed by atoms with Crippen molar-refractivity contribution in [3.8, 4) is 0 Å². The SMILES string of the molecule is O=C(CN1CCCC1=O)N1CCC2(CCNCC2)CC1. The van der Waals surface area contributed by atoms with Gasteiger partial charge in [-0.25, -0.2) is 0 Å². The first kappa shape index (κ1) is 13.9. The molecule has 0 aromatic carbocycles. The van der Waals surface area contributed by atoms with Crippen molar-refractivity contribution in [1.29, 1.82) is 0 Å². The van der Waals surface area contributed by atoms with Crippen LogP contribution in [0.3, 0.4) is 0 Å². The molecule has 0 bridgehead atoms. The van der Waals surface area contributed by atoms with E-state index in [9.17, 15) is 9.59 Å². The Labute approximate surface area is 120 Å². The maximum absolute atomic E-state index is 12.3. The Morgan fingerprint density at radius 1 is 1.10 bits per heavy atom. The normalized spacial score (nSPS) is 26.3. The van der Waals surface area contributed by atoms with Crippen molar-refractivity contribution in [2.45, 2.75) is 38.5 Å². The van der Waals surface area contributed by atoms with Crippen molar-refractivity contribution >= 4 is 11.8 Å². The van der Waals surface area contributed by atoms with Crippen LogP contribution in [0, 0.1) is 5.41 Å². The number of piperidine rings is 2. The molecule has 3 fully saturated rings. The predicted octanol–water partition coefficient (Wildman–Crippen LogP) is 0.601. The van der Waals surface area contributed by atoms with Gasteiger partial charge in [-0.05, 0) is 50.6 Å². The van der Waals surface area contributed by atoms with Gasteiger partial charge in [0.2, 0.25) is 11.8 Å². The lowest BCUT2D eigenvalue weighted by Gasteiger charge is -2.44. The van der Waals surface area contributed by atoms with Gasteiger partial charge in [0.1, 0.15) is 0 Å². The quantitative estimate of drug-likeness (QED) is 0.805. The van der Waals surface area contributed by atoms with Gasteiger partial charge < -0.3 is 15.1 Å². The van der Waals surface area contributed by atoms with Crippen LogP contribution in [0.1, 0.15) is 38.5 Å². The van der Waals surface area contributed by atoms with Crippen LogP contribution >= 0.6 is 0 Å². The highest BCUT2D eigenvalue weighted by Crippen LogP contribution is 2.39. The van der Waals surface area contributed by atoms with Crippen molar-refractivity contribution < 1.29 is 9.59 Å². The molecule has 3 heterocycles. The standard InChI is InChI=1S/C15H25N3O2/c19-13-2-1-9-18(13)12-14(20)17-10-5-15(6-11-17)3-7-16-8-4-15/h16H,1-12H2. The molecule has 3 saturated heterocycles. The van der Waals surface area contributed by atoms with Crippen molar-refractivity contribution in [1.82, 2.24) is 15.1 Å². The van der Waals surface area contributed by atoms with Crippen LogP contribution in [-0.4, -0.2) is 60.9 Å². The van der Waals surface area contributed by atoms with Crippen molar-refractivity contribution in [2.75, 3.05) is 39.3 Å². The lowest BCUT2D eigenvalue weighted by molar-refractivity contribution is -0.140. The minimum absolute atomic E-state index is 0.143. The highest BCUT2D eigenvalue weighted by Gasteiger charge is 2.37. The van der Waals surface area contributed by atoms with E-state index < -0.39 is 0 Å². The first-order valence-electron chi connectivity index (χ1n) is 7.95. The number of carbonyl (C=O) groups excluding carboxylic acids is 2. The first-order chi connectivity index (χ1) is 9.69. The summed E-state index contributed by atoms with van der Waals surface area (Å²) < 4.78 is 0. The number of carbonyl (C=O) groups is 2. The number of amides is 2. The zero-order chi connectivity index (χ0) is 14.0. The van der Waals surface area contributed by atoms with Crippen LogP contribution in [0.4, 0.5) is 0 Å². The van der Waals surface area contributed by atoms with Crippen LogP contribution in [0.2, 0.25) is 0 Å². The lowest BCUT2D eigenvalue weighted by atomic mass is 9.71. The van der Waals surface area contributed by atoms with Crippen LogP contribution in [0.25, 0.3) is 0 Å². The fourth-order valence-electron chi connectivity index (χ4n) is 3.82. The molecule has 1 spiro atoms. The van der Waals surface area contributed by atoms with Crippen LogP contribution in [0.5, 0.6) is 0 Å². The molecule has 3 aliphatic rings. The molecule has 112 valence electrons. The third-order valence-electron chi connectivity index (χ3n) is 5.34. The third-order valence-corrected chi connectivity index (χ3v) is 5.34. The van der Waals surface area contributed by atoms with Gasteiger partial charge in [-0.15, -0.1) is 0 Å². The molecule has 1 N–H and O–H groups in total. The van der Waals surface area contributed by atoms with Crippen molar-refractivity contribution in [3.63, 3.8) is 0 Å². The molecular weight excluding hydrogens is 254 g/mol. The van der Waals surface area contributed by atoms with Gasteiger partial charge in [0.25, 0.3) is 0 Å². The number of nitrogens with zero attached hydrogens (tertiary/aromatic N) is 2. The molecular formula is C15H25N3O2. The Bertz CT molecular complexity index is 381. The summed E-state index contributed by atoms with van der Waals surface area (Å²) in [6.45, 7) is 5.05. The van der Waals surface area contributed by atoms with E-state index in [-0.39, 0.29) is 11.8 Å². The molecule has 0 atom stereocenters. The topological polar surface area (TPSA) is 52.7 Å². The Morgan fingerprint density at radius 2 is 1.80 bits per heavy atom. The van der Waals surface area contributed by atoms with Gasteiger partial charge in [0, 0.05) is 26.1 Å². The average molecular weight is 279 g/mol. The molecule has 3 aliphatic heterocycles. The molecule has 3 rings (SSSR count). The van der Waals surface area contributed by atoms with Crippen molar-refractivity contribution in [3.05, 3.63) is 0 Å². The molecule has 0 saturated carbocycles. The van der Waals surface area contributed by atoms with E-state index in [0.717, 1.165) is 52.0 Å². The minimum atomic E-state index is 0.143. The average Bonchev–Trinajstić information content (AvgIpc) is 2.86. The Balaban J connectivity index is 1.50. The number of hydrogen-bond acceptors (Lipinski definition) is 3. The number of likely N-dealkylation sites (tertiary alicyclic amines) is 2. The second-order valence-electron chi connectivity index (χ2n) is 6.55. The molecule has 0 unspecified atom stereocenters. The van der Waals surface area contributed by atoms with E-state index >= 15 is 0 Å². The summed E-state index contributed by atoms with van der Waals surface area (Å²) in [5.41, 5.74) is 0.478. The smallest absolute Gasteiger partial charge is 0.242 e. The van der Waals surface area contributed by atoms with Gasteiger partial charge in [-0.2, -0.15) is 0 Å². The summed E-state index contributed by atoms with van der Waals surface area (Å²) in [4.78, 5) is 27.6. The molecule has 20 heavy (non-hydrogen) atoms. The monoisotopic (exact) mass is 279 g/mol. The van der Waals surface area contributed by atoms with Crippen LogP contribution in [-0.2, 0) is 9.59 Å². The molecule has 5 nitrogen and oxygen atoms in total. The molecule has 0 aromatic heterocycles. The largest absolute Gasteiger partial charge is 0.341 e. The van der Waals surface area contributed by atoms with Crippen LogP contribution < -0.4 is 5.32 Å².